The lowest BCUT2D eigenvalue weighted by Gasteiger charge is -2.09. The third-order valence-corrected chi connectivity index (χ3v) is 4.41. The zero-order valence-electron chi connectivity index (χ0n) is 10.9. The van der Waals surface area contributed by atoms with Crippen molar-refractivity contribution in [2.75, 3.05) is 0 Å². The van der Waals surface area contributed by atoms with Crippen molar-refractivity contribution in [3.63, 3.8) is 0 Å². The van der Waals surface area contributed by atoms with Crippen molar-refractivity contribution >= 4 is 11.8 Å². The number of rotatable bonds is 2. The highest BCUT2D eigenvalue weighted by Gasteiger charge is 2.03. The van der Waals surface area contributed by atoms with Crippen molar-refractivity contribution in [3.05, 3.63) is 58.7 Å². The molecule has 0 bridgehead atoms. The summed E-state index contributed by atoms with van der Waals surface area (Å²) in [5.74, 6) is 0. The van der Waals surface area contributed by atoms with E-state index in [-0.39, 0.29) is 0 Å². The van der Waals surface area contributed by atoms with Crippen molar-refractivity contribution in [1.82, 2.24) is 0 Å². The summed E-state index contributed by atoms with van der Waals surface area (Å²) in [6.07, 6.45) is 0. The van der Waals surface area contributed by atoms with Crippen molar-refractivity contribution in [2.24, 2.45) is 0 Å². The second-order valence-corrected chi connectivity index (χ2v) is 5.66. The Bertz CT molecular complexity index is 541. The van der Waals surface area contributed by atoms with Crippen LogP contribution in [0.3, 0.4) is 0 Å². The molecule has 0 heterocycles. The molecule has 0 amide bonds. The first kappa shape index (κ1) is 12.3. The van der Waals surface area contributed by atoms with Crippen LogP contribution in [-0.4, -0.2) is 0 Å². The zero-order valence-corrected chi connectivity index (χ0v) is 11.7. The predicted octanol–water partition coefficient (Wildman–Crippen LogP) is 5.07. The molecule has 0 unspecified atom stereocenters. The number of aryl methyl sites for hydroxylation is 3. The molecule has 0 aromatic heterocycles. The van der Waals surface area contributed by atoms with Gasteiger partial charge in [-0.25, -0.2) is 0 Å². The summed E-state index contributed by atoms with van der Waals surface area (Å²) in [6.45, 7) is 8.68. The molecule has 0 aliphatic heterocycles. The van der Waals surface area contributed by atoms with Gasteiger partial charge in [-0.2, -0.15) is 0 Å². The van der Waals surface area contributed by atoms with Gasteiger partial charge in [0.15, 0.2) is 0 Å². The molecule has 0 N–H and O–H groups in total. The summed E-state index contributed by atoms with van der Waals surface area (Å²) in [5.41, 5.74) is 5.46. The van der Waals surface area contributed by atoms with Gasteiger partial charge in [-0.05, 0) is 68.1 Å². The predicted molar refractivity (Wildman–Crippen MR) is 76.0 cm³/mol. The second-order valence-electron chi connectivity index (χ2n) is 4.55. The average Bonchev–Trinajstić information content (AvgIpc) is 2.30. The molecule has 0 fully saturated rings. The Labute approximate surface area is 108 Å². The summed E-state index contributed by atoms with van der Waals surface area (Å²) in [4.78, 5) is 2.68. The third-order valence-electron chi connectivity index (χ3n) is 3.26. The van der Waals surface area contributed by atoms with Gasteiger partial charge in [-0.3, -0.25) is 0 Å². The molecule has 0 aliphatic rings. The summed E-state index contributed by atoms with van der Waals surface area (Å²) < 4.78 is 0. The van der Waals surface area contributed by atoms with E-state index in [4.69, 9.17) is 0 Å². The molecule has 0 nitrogen and oxygen atoms in total. The van der Waals surface area contributed by atoms with E-state index in [0.717, 1.165) is 0 Å². The molecule has 1 heteroatoms. The van der Waals surface area contributed by atoms with Gasteiger partial charge in [0, 0.05) is 9.79 Å². The molecule has 0 saturated carbocycles. The summed E-state index contributed by atoms with van der Waals surface area (Å²) in [6, 6.07) is 13.2. The van der Waals surface area contributed by atoms with Crippen molar-refractivity contribution in [1.29, 1.82) is 0 Å². The summed E-state index contributed by atoms with van der Waals surface area (Å²) in [7, 11) is 0. The highest BCUT2D eigenvalue weighted by Crippen LogP contribution is 2.32. The fraction of sp³-hybridized carbons (Fsp3) is 0.250. The van der Waals surface area contributed by atoms with E-state index >= 15 is 0 Å². The van der Waals surface area contributed by atoms with Crippen LogP contribution < -0.4 is 0 Å². The molecule has 0 aliphatic carbocycles. The van der Waals surface area contributed by atoms with Crippen LogP contribution in [0.1, 0.15) is 22.3 Å². The monoisotopic (exact) mass is 242 g/mol. The van der Waals surface area contributed by atoms with Crippen molar-refractivity contribution in [2.45, 2.75) is 37.5 Å². The average molecular weight is 242 g/mol. The normalized spacial score (nSPS) is 10.6. The highest BCUT2D eigenvalue weighted by molar-refractivity contribution is 7.99. The molecule has 0 spiro atoms. The van der Waals surface area contributed by atoms with E-state index in [1.165, 1.54) is 32.0 Å². The van der Waals surface area contributed by atoms with E-state index in [2.05, 4.69) is 64.1 Å². The Morgan fingerprint density at radius 2 is 1.53 bits per heavy atom. The lowest BCUT2D eigenvalue weighted by Crippen LogP contribution is -1.85. The van der Waals surface area contributed by atoms with Gasteiger partial charge in [0.1, 0.15) is 0 Å². The van der Waals surface area contributed by atoms with E-state index in [1.54, 1.807) is 0 Å². The van der Waals surface area contributed by atoms with Crippen LogP contribution in [0.5, 0.6) is 0 Å². The largest absolute Gasteiger partial charge is 0.0898 e. The summed E-state index contributed by atoms with van der Waals surface area (Å²) in [5, 5.41) is 0. The second kappa shape index (κ2) is 4.97. The maximum atomic E-state index is 2.27. The molecule has 2 rings (SSSR count). The summed E-state index contributed by atoms with van der Waals surface area (Å²) >= 11 is 1.85. The van der Waals surface area contributed by atoms with Gasteiger partial charge in [0.25, 0.3) is 0 Å². The van der Waals surface area contributed by atoms with Crippen molar-refractivity contribution < 1.29 is 0 Å². The Morgan fingerprint density at radius 1 is 0.765 bits per heavy atom. The lowest BCUT2D eigenvalue weighted by atomic mass is 10.1. The van der Waals surface area contributed by atoms with E-state index < -0.39 is 0 Å². The first-order valence-electron chi connectivity index (χ1n) is 5.89. The number of hydrogen-bond acceptors (Lipinski definition) is 1. The Kier molecular flexibility index (Phi) is 3.58. The minimum Gasteiger partial charge on any atom is -0.0898 e. The quantitative estimate of drug-likeness (QED) is 0.708. The fourth-order valence-electron chi connectivity index (χ4n) is 1.74. The van der Waals surface area contributed by atoms with Crippen LogP contribution in [0.15, 0.2) is 46.2 Å². The minimum atomic E-state index is 1.32. The van der Waals surface area contributed by atoms with Crippen LogP contribution in [0.25, 0.3) is 0 Å². The SMILES string of the molecule is Cc1ccc(Sc2cccc(C)c2C)cc1C. The fourth-order valence-corrected chi connectivity index (χ4v) is 2.83. The molecule has 0 radical (unpaired) electrons. The van der Waals surface area contributed by atoms with Crippen LogP contribution in [-0.2, 0) is 0 Å². The molecule has 17 heavy (non-hydrogen) atoms. The Balaban J connectivity index is 2.31. The number of benzene rings is 2. The highest BCUT2D eigenvalue weighted by atomic mass is 32.2. The van der Waals surface area contributed by atoms with E-state index in [1.807, 2.05) is 11.8 Å². The van der Waals surface area contributed by atoms with Crippen LogP contribution in [0.2, 0.25) is 0 Å². The number of hydrogen-bond donors (Lipinski definition) is 0. The molecule has 0 saturated heterocycles. The van der Waals surface area contributed by atoms with Gasteiger partial charge in [-0.15, -0.1) is 0 Å². The molecule has 0 atom stereocenters. The van der Waals surface area contributed by atoms with E-state index in [0.29, 0.717) is 0 Å². The molecular weight excluding hydrogens is 224 g/mol. The van der Waals surface area contributed by atoms with Gasteiger partial charge in [0.2, 0.25) is 0 Å². The standard InChI is InChI=1S/C16H18S/c1-11-8-9-15(10-13(11)3)17-16-7-5-6-12(2)14(16)4/h5-10H,1-4H3. The third kappa shape index (κ3) is 2.73. The molecular formula is C16H18S. The van der Waals surface area contributed by atoms with Crippen LogP contribution in [0.4, 0.5) is 0 Å². The van der Waals surface area contributed by atoms with Crippen LogP contribution in [0, 0.1) is 27.7 Å². The molecule has 2 aromatic carbocycles. The Morgan fingerprint density at radius 3 is 2.24 bits per heavy atom. The first-order valence-corrected chi connectivity index (χ1v) is 6.71. The van der Waals surface area contributed by atoms with E-state index in [9.17, 15) is 0 Å². The zero-order chi connectivity index (χ0) is 12.4. The van der Waals surface area contributed by atoms with Crippen LogP contribution >= 0.6 is 11.8 Å². The maximum absolute atomic E-state index is 2.27. The molecule has 88 valence electrons. The first-order chi connectivity index (χ1) is 8.08. The maximum Gasteiger partial charge on any atom is 0.0154 e. The van der Waals surface area contributed by atoms with Gasteiger partial charge in [0.05, 0.1) is 0 Å². The smallest absolute Gasteiger partial charge is 0.0154 e. The van der Waals surface area contributed by atoms with Gasteiger partial charge >= 0.3 is 0 Å². The lowest BCUT2D eigenvalue weighted by molar-refractivity contribution is 1.22. The topological polar surface area (TPSA) is 0 Å². The molecule has 2 aromatic rings. The Hall–Kier alpha value is -1.21. The van der Waals surface area contributed by atoms with Crippen molar-refractivity contribution in [3.8, 4) is 0 Å². The van der Waals surface area contributed by atoms with Gasteiger partial charge < -0.3 is 0 Å². The van der Waals surface area contributed by atoms with Gasteiger partial charge in [-0.1, -0.05) is 30.0 Å². The minimum absolute atomic E-state index is 1.32.